The molecule has 0 bridgehead atoms. The maximum Gasteiger partial charge on any atom is 0.262 e. The summed E-state index contributed by atoms with van der Waals surface area (Å²) in [4.78, 5) is 13.1. The van der Waals surface area contributed by atoms with Crippen LogP contribution in [-0.2, 0) is 0 Å². The molecule has 1 aromatic rings. The molecule has 0 aliphatic heterocycles. The lowest BCUT2D eigenvalue weighted by atomic mass is 9.75. The summed E-state index contributed by atoms with van der Waals surface area (Å²) >= 11 is 1.44. The van der Waals surface area contributed by atoms with Crippen LogP contribution in [0.4, 0.5) is 0 Å². The maximum absolute atomic E-state index is 12.4. The highest BCUT2D eigenvalue weighted by atomic mass is 32.1. The lowest BCUT2D eigenvalue weighted by Crippen LogP contribution is -2.40. The molecule has 1 aromatic heterocycles. The zero-order valence-electron chi connectivity index (χ0n) is 12.2. The molecule has 0 radical (unpaired) electrons. The highest BCUT2D eigenvalue weighted by molar-refractivity contribution is 7.12. The van der Waals surface area contributed by atoms with Crippen LogP contribution in [0.15, 0.2) is 11.4 Å². The van der Waals surface area contributed by atoms with Crippen LogP contribution in [0, 0.1) is 17.3 Å². The van der Waals surface area contributed by atoms with Gasteiger partial charge in [-0.25, -0.2) is 0 Å². The molecule has 1 atom stereocenters. The minimum atomic E-state index is 0.00372. The van der Waals surface area contributed by atoms with E-state index in [0.29, 0.717) is 16.8 Å². The number of rotatable bonds is 2. The van der Waals surface area contributed by atoms with Crippen LogP contribution >= 0.6 is 11.3 Å². The van der Waals surface area contributed by atoms with Gasteiger partial charge in [-0.1, -0.05) is 32.1 Å². The third kappa shape index (κ3) is 3.84. The summed E-state index contributed by atoms with van der Waals surface area (Å²) in [6, 6.07) is 2.16. The number of amides is 1. The summed E-state index contributed by atoms with van der Waals surface area (Å²) in [7, 11) is 0. The Balaban J connectivity index is 2.03. The predicted molar refractivity (Wildman–Crippen MR) is 83.8 cm³/mol. The minimum Gasteiger partial charge on any atom is -0.349 e. The van der Waals surface area contributed by atoms with Crippen LogP contribution in [0.2, 0.25) is 0 Å². The van der Waals surface area contributed by atoms with Crippen molar-refractivity contribution in [2.75, 3.05) is 6.54 Å². The molecule has 1 aliphatic rings. The molecule has 1 saturated carbocycles. The van der Waals surface area contributed by atoms with Crippen LogP contribution in [0.3, 0.4) is 0 Å². The molecule has 20 heavy (non-hydrogen) atoms. The van der Waals surface area contributed by atoms with Crippen molar-refractivity contribution in [3.8, 4) is 11.8 Å². The first-order chi connectivity index (χ1) is 9.52. The Labute approximate surface area is 124 Å². The Hall–Kier alpha value is -1.31. The second-order valence-electron chi connectivity index (χ2n) is 6.10. The van der Waals surface area contributed by atoms with Gasteiger partial charge in [0.1, 0.15) is 4.88 Å². The lowest BCUT2D eigenvalue weighted by Gasteiger charge is -2.35. The van der Waals surface area contributed by atoms with Crippen LogP contribution in [0.1, 0.15) is 54.8 Å². The van der Waals surface area contributed by atoms with Crippen molar-refractivity contribution in [2.45, 2.75) is 45.6 Å². The average molecular weight is 290 g/mol. The van der Waals surface area contributed by atoms with Gasteiger partial charge < -0.3 is 11.1 Å². The lowest BCUT2D eigenvalue weighted by molar-refractivity contribution is 0.0906. The molecule has 108 valence electrons. The zero-order chi connectivity index (χ0) is 14.6. The molecule has 0 spiro atoms. The fourth-order valence-electron chi connectivity index (χ4n) is 2.80. The van der Waals surface area contributed by atoms with Gasteiger partial charge in [-0.2, -0.15) is 0 Å². The van der Waals surface area contributed by atoms with Gasteiger partial charge in [-0.15, -0.1) is 11.3 Å². The molecule has 0 aromatic carbocycles. The van der Waals surface area contributed by atoms with Gasteiger partial charge in [0.25, 0.3) is 5.91 Å². The molecule has 2 rings (SSSR count). The quantitative estimate of drug-likeness (QED) is 0.823. The number of nitrogens with one attached hydrogen (secondary N) is 1. The van der Waals surface area contributed by atoms with E-state index in [1.54, 1.807) is 0 Å². The Bertz CT molecular complexity index is 536. The van der Waals surface area contributed by atoms with Crippen molar-refractivity contribution < 1.29 is 4.79 Å². The Morgan fingerprint density at radius 2 is 2.40 bits per heavy atom. The van der Waals surface area contributed by atoms with Crippen molar-refractivity contribution in [3.63, 3.8) is 0 Å². The van der Waals surface area contributed by atoms with E-state index in [0.717, 1.165) is 18.4 Å². The molecule has 4 heteroatoms. The maximum atomic E-state index is 12.4. The summed E-state index contributed by atoms with van der Waals surface area (Å²) in [6.45, 7) is 4.86. The first-order valence-electron chi connectivity index (χ1n) is 7.09. The van der Waals surface area contributed by atoms with E-state index in [2.05, 4.69) is 31.0 Å². The van der Waals surface area contributed by atoms with Gasteiger partial charge in [0.05, 0.1) is 6.54 Å². The van der Waals surface area contributed by atoms with E-state index in [-0.39, 0.29) is 11.9 Å². The van der Waals surface area contributed by atoms with E-state index in [1.165, 1.54) is 24.2 Å². The van der Waals surface area contributed by atoms with E-state index in [4.69, 9.17) is 5.73 Å². The third-order valence-electron chi connectivity index (χ3n) is 3.74. The SMILES string of the molecule is CC1(C)CCCC(NC(=O)c2sccc2C#CCN)C1. The molecule has 3 N–H and O–H groups in total. The number of carbonyl (C=O) groups excluding carboxylic acids is 1. The summed E-state index contributed by atoms with van der Waals surface area (Å²) < 4.78 is 0. The zero-order valence-corrected chi connectivity index (χ0v) is 13.0. The highest BCUT2D eigenvalue weighted by Crippen LogP contribution is 2.35. The Kier molecular flexibility index (Phi) is 4.85. The molecule has 1 heterocycles. The van der Waals surface area contributed by atoms with Crippen molar-refractivity contribution in [1.82, 2.24) is 5.32 Å². The monoisotopic (exact) mass is 290 g/mol. The highest BCUT2D eigenvalue weighted by Gasteiger charge is 2.29. The fraction of sp³-hybridized carbons (Fsp3) is 0.562. The van der Waals surface area contributed by atoms with Crippen molar-refractivity contribution >= 4 is 17.2 Å². The van der Waals surface area contributed by atoms with Crippen molar-refractivity contribution in [2.24, 2.45) is 11.1 Å². The van der Waals surface area contributed by atoms with Crippen molar-refractivity contribution in [3.05, 3.63) is 21.9 Å². The predicted octanol–water partition coefficient (Wildman–Crippen LogP) is 2.76. The molecule has 0 saturated heterocycles. The van der Waals surface area contributed by atoms with Crippen molar-refractivity contribution in [1.29, 1.82) is 0 Å². The number of hydrogen-bond donors (Lipinski definition) is 2. The van der Waals surface area contributed by atoms with Gasteiger partial charge in [0.2, 0.25) is 0 Å². The second-order valence-corrected chi connectivity index (χ2v) is 7.02. The third-order valence-corrected chi connectivity index (χ3v) is 4.65. The Morgan fingerprint density at radius 1 is 1.60 bits per heavy atom. The molecule has 1 fully saturated rings. The number of nitrogens with two attached hydrogens (primary N) is 1. The van der Waals surface area contributed by atoms with Gasteiger partial charge >= 0.3 is 0 Å². The van der Waals surface area contributed by atoms with Crippen LogP contribution in [0.5, 0.6) is 0 Å². The van der Waals surface area contributed by atoms with E-state index in [9.17, 15) is 4.79 Å². The summed E-state index contributed by atoms with van der Waals surface area (Å²) in [5, 5.41) is 5.07. The van der Waals surface area contributed by atoms with Crippen LogP contribution in [-0.4, -0.2) is 18.5 Å². The first kappa shape index (κ1) is 15.1. The average Bonchev–Trinajstić information content (AvgIpc) is 2.83. The molecule has 1 amide bonds. The number of thiophene rings is 1. The molecule has 1 aliphatic carbocycles. The molecular formula is C16H22N2OS. The molecule has 1 unspecified atom stereocenters. The van der Waals surface area contributed by atoms with E-state index in [1.807, 2.05) is 11.4 Å². The summed E-state index contributed by atoms with van der Waals surface area (Å²) in [5.41, 5.74) is 6.49. The normalized spacial score (nSPS) is 20.9. The van der Waals surface area contributed by atoms with Gasteiger partial charge in [-0.05, 0) is 36.1 Å². The fourth-order valence-corrected chi connectivity index (χ4v) is 3.55. The first-order valence-corrected chi connectivity index (χ1v) is 7.97. The standard InChI is InChI=1S/C16H22N2OS/c1-16(2)8-3-6-13(11-16)18-15(19)14-12(5-4-9-17)7-10-20-14/h7,10,13H,3,6,8-9,11,17H2,1-2H3,(H,18,19). The van der Waals surface area contributed by atoms with Gasteiger partial charge in [0, 0.05) is 11.6 Å². The summed E-state index contributed by atoms with van der Waals surface area (Å²) in [6.07, 6.45) is 4.55. The topological polar surface area (TPSA) is 55.1 Å². The second kappa shape index (κ2) is 6.43. The largest absolute Gasteiger partial charge is 0.349 e. The van der Waals surface area contributed by atoms with Gasteiger partial charge in [0.15, 0.2) is 0 Å². The van der Waals surface area contributed by atoms with Crippen LogP contribution in [0.25, 0.3) is 0 Å². The Morgan fingerprint density at radius 3 is 3.10 bits per heavy atom. The smallest absolute Gasteiger partial charge is 0.262 e. The number of carbonyl (C=O) groups is 1. The molecular weight excluding hydrogens is 268 g/mol. The summed E-state index contributed by atoms with van der Waals surface area (Å²) in [5.74, 6) is 5.77. The van der Waals surface area contributed by atoms with Gasteiger partial charge in [-0.3, -0.25) is 4.79 Å². The minimum absolute atomic E-state index is 0.00372. The van der Waals surface area contributed by atoms with E-state index < -0.39 is 0 Å². The van der Waals surface area contributed by atoms with E-state index >= 15 is 0 Å². The number of hydrogen-bond acceptors (Lipinski definition) is 3. The molecule has 3 nitrogen and oxygen atoms in total. The van der Waals surface area contributed by atoms with Crippen LogP contribution < -0.4 is 11.1 Å².